The molecule has 2 unspecified atom stereocenters. The zero-order chi connectivity index (χ0) is 17.7. The van der Waals surface area contributed by atoms with Crippen molar-refractivity contribution in [3.8, 4) is 0 Å². The van der Waals surface area contributed by atoms with E-state index in [1.807, 2.05) is 31.2 Å². The van der Waals surface area contributed by atoms with Crippen molar-refractivity contribution in [2.45, 2.75) is 51.1 Å². The first kappa shape index (κ1) is 21.9. The SMILES string of the molecule is CCCC(=O)NC1CCCN(C(=O)C(C)(N)c2ccc(Br)cc2)C1.Cl. The molecule has 140 valence electrons. The van der Waals surface area contributed by atoms with Crippen molar-refractivity contribution in [1.29, 1.82) is 0 Å². The summed E-state index contributed by atoms with van der Waals surface area (Å²) >= 11 is 3.39. The highest BCUT2D eigenvalue weighted by Gasteiger charge is 2.36. The van der Waals surface area contributed by atoms with Gasteiger partial charge in [-0.15, -0.1) is 12.4 Å². The molecule has 0 aliphatic carbocycles. The van der Waals surface area contributed by atoms with Gasteiger partial charge in [-0.2, -0.15) is 0 Å². The van der Waals surface area contributed by atoms with E-state index >= 15 is 0 Å². The number of hydrogen-bond acceptors (Lipinski definition) is 3. The second-order valence-corrected chi connectivity index (χ2v) is 7.53. The van der Waals surface area contributed by atoms with Crippen molar-refractivity contribution in [3.63, 3.8) is 0 Å². The summed E-state index contributed by atoms with van der Waals surface area (Å²) in [7, 11) is 0. The molecule has 3 N–H and O–H groups in total. The van der Waals surface area contributed by atoms with Crippen LogP contribution in [0.15, 0.2) is 28.7 Å². The van der Waals surface area contributed by atoms with Crippen LogP contribution < -0.4 is 11.1 Å². The minimum atomic E-state index is -1.07. The summed E-state index contributed by atoms with van der Waals surface area (Å²) in [6.07, 6.45) is 3.13. The average Bonchev–Trinajstić information content (AvgIpc) is 2.55. The maximum Gasteiger partial charge on any atom is 0.247 e. The number of carbonyl (C=O) groups is 2. The van der Waals surface area contributed by atoms with Crippen LogP contribution in [0.5, 0.6) is 0 Å². The number of carbonyl (C=O) groups excluding carboxylic acids is 2. The Balaban J connectivity index is 0.00000312. The molecule has 1 aliphatic rings. The van der Waals surface area contributed by atoms with E-state index in [0.717, 1.165) is 29.3 Å². The minimum Gasteiger partial charge on any atom is -0.352 e. The van der Waals surface area contributed by atoms with E-state index in [1.54, 1.807) is 11.8 Å². The number of halogens is 2. The van der Waals surface area contributed by atoms with Gasteiger partial charge in [-0.05, 0) is 43.9 Å². The number of amides is 2. The summed E-state index contributed by atoms with van der Waals surface area (Å²) in [5, 5.41) is 3.02. The van der Waals surface area contributed by atoms with Crippen molar-refractivity contribution in [3.05, 3.63) is 34.3 Å². The van der Waals surface area contributed by atoms with Crippen LogP contribution in [0.4, 0.5) is 0 Å². The van der Waals surface area contributed by atoms with E-state index in [9.17, 15) is 9.59 Å². The first-order chi connectivity index (χ1) is 11.3. The van der Waals surface area contributed by atoms with E-state index in [-0.39, 0.29) is 30.3 Å². The van der Waals surface area contributed by atoms with Crippen molar-refractivity contribution >= 4 is 40.2 Å². The van der Waals surface area contributed by atoms with Gasteiger partial charge < -0.3 is 16.0 Å². The summed E-state index contributed by atoms with van der Waals surface area (Å²) in [5.41, 5.74) is 6.07. The molecule has 1 fully saturated rings. The van der Waals surface area contributed by atoms with Crippen molar-refractivity contribution < 1.29 is 9.59 Å². The maximum atomic E-state index is 12.9. The highest BCUT2D eigenvalue weighted by molar-refractivity contribution is 9.10. The molecular weight excluding hydrogens is 406 g/mol. The van der Waals surface area contributed by atoms with Crippen LogP contribution in [0.2, 0.25) is 0 Å². The quantitative estimate of drug-likeness (QED) is 0.751. The molecule has 5 nitrogen and oxygen atoms in total. The number of piperidine rings is 1. The Morgan fingerprint density at radius 3 is 2.60 bits per heavy atom. The largest absolute Gasteiger partial charge is 0.352 e. The maximum absolute atomic E-state index is 12.9. The van der Waals surface area contributed by atoms with Gasteiger partial charge in [-0.25, -0.2) is 0 Å². The standard InChI is InChI=1S/C18H26BrN3O2.ClH/c1-3-5-16(23)21-15-6-4-11-22(12-15)17(24)18(2,20)13-7-9-14(19)10-8-13;/h7-10,15H,3-6,11-12,20H2,1-2H3,(H,21,23);1H. The zero-order valence-electron chi connectivity index (χ0n) is 14.8. The molecule has 1 heterocycles. The number of benzene rings is 1. The molecule has 1 aliphatic heterocycles. The Morgan fingerprint density at radius 1 is 1.36 bits per heavy atom. The molecule has 7 heteroatoms. The van der Waals surface area contributed by atoms with Crippen molar-refractivity contribution in [1.82, 2.24) is 10.2 Å². The van der Waals surface area contributed by atoms with Gasteiger partial charge in [-0.1, -0.05) is 35.0 Å². The lowest BCUT2D eigenvalue weighted by molar-refractivity contribution is -0.138. The highest BCUT2D eigenvalue weighted by atomic mass is 79.9. The highest BCUT2D eigenvalue weighted by Crippen LogP contribution is 2.24. The molecule has 0 spiro atoms. The lowest BCUT2D eigenvalue weighted by atomic mass is 9.90. The third-order valence-corrected chi connectivity index (χ3v) is 4.97. The molecule has 1 aromatic carbocycles. The van der Waals surface area contributed by atoms with Gasteiger partial charge in [0.2, 0.25) is 11.8 Å². The van der Waals surface area contributed by atoms with E-state index in [1.165, 1.54) is 0 Å². The lowest BCUT2D eigenvalue weighted by Gasteiger charge is -2.38. The summed E-state index contributed by atoms with van der Waals surface area (Å²) < 4.78 is 0.950. The second kappa shape index (κ2) is 9.55. The molecule has 0 aromatic heterocycles. The van der Waals surface area contributed by atoms with E-state index < -0.39 is 5.54 Å². The van der Waals surface area contributed by atoms with Crippen LogP contribution in [-0.2, 0) is 15.1 Å². The number of nitrogens with two attached hydrogens (primary N) is 1. The Bertz CT molecular complexity index is 592. The van der Waals surface area contributed by atoms with Crippen molar-refractivity contribution in [2.75, 3.05) is 13.1 Å². The number of rotatable bonds is 5. The first-order valence-electron chi connectivity index (χ1n) is 8.48. The molecule has 1 aromatic rings. The molecule has 0 bridgehead atoms. The van der Waals surface area contributed by atoms with E-state index in [0.29, 0.717) is 19.5 Å². The first-order valence-corrected chi connectivity index (χ1v) is 9.27. The fraction of sp³-hybridized carbons (Fsp3) is 0.556. The van der Waals surface area contributed by atoms with Crippen LogP contribution in [0.1, 0.15) is 45.1 Å². The Morgan fingerprint density at radius 2 is 2.00 bits per heavy atom. The predicted octanol–water partition coefficient (Wildman–Crippen LogP) is 2.95. The van der Waals surface area contributed by atoms with E-state index in [4.69, 9.17) is 5.73 Å². The smallest absolute Gasteiger partial charge is 0.247 e. The Labute approximate surface area is 164 Å². The van der Waals surface area contributed by atoms with Crippen LogP contribution in [0.3, 0.4) is 0 Å². The van der Waals surface area contributed by atoms with Gasteiger partial charge in [0.05, 0.1) is 0 Å². The Hall–Kier alpha value is -1.11. The molecule has 2 atom stereocenters. The van der Waals surface area contributed by atoms with Crippen LogP contribution >= 0.6 is 28.3 Å². The summed E-state index contributed by atoms with van der Waals surface area (Å²) in [6, 6.07) is 7.52. The predicted molar refractivity (Wildman–Crippen MR) is 106 cm³/mol. The molecule has 2 amide bonds. The molecule has 1 saturated heterocycles. The molecule has 2 rings (SSSR count). The molecule has 0 radical (unpaired) electrons. The van der Waals surface area contributed by atoms with E-state index in [2.05, 4.69) is 21.2 Å². The fourth-order valence-corrected chi connectivity index (χ4v) is 3.32. The number of likely N-dealkylation sites (tertiary alicyclic amines) is 1. The topological polar surface area (TPSA) is 75.4 Å². The third kappa shape index (κ3) is 5.69. The minimum absolute atomic E-state index is 0. The zero-order valence-corrected chi connectivity index (χ0v) is 17.2. The van der Waals surface area contributed by atoms with Crippen LogP contribution in [0, 0.1) is 0 Å². The number of nitrogens with zero attached hydrogens (tertiary/aromatic N) is 1. The summed E-state index contributed by atoms with van der Waals surface area (Å²) in [6.45, 7) is 4.94. The van der Waals surface area contributed by atoms with Crippen LogP contribution in [-0.4, -0.2) is 35.8 Å². The number of hydrogen-bond donors (Lipinski definition) is 2. The van der Waals surface area contributed by atoms with Crippen LogP contribution in [0.25, 0.3) is 0 Å². The normalized spacial score (nSPS) is 19.5. The molecular formula is C18H27BrClN3O2. The number of nitrogens with one attached hydrogen (secondary N) is 1. The summed E-state index contributed by atoms with van der Waals surface area (Å²) in [5.74, 6) is -0.0421. The third-order valence-electron chi connectivity index (χ3n) is 4.44. The van der Waals surface area contributed by atoms with Gasteiger partial charge in [-0.3, -0.25) is 9.59 Å². The second-order valence-electron chi connectivity index (χ2n) is 6.62. The molecule has 0 saturated carbocycles. The van der Waals surface area contributed by atoms with Gasteiger partial charge in [0.15, 0.2) is 0 Å². The van der Waals surface area contributed by atoms with Gasteiger partial charge >= 0.3 is 0 Å². The monoisotopic (exact) mass is 431 g/mol. The Kier molecular flexibility index (Phi) is 8.38. The van der Waals surface area contributed by atoms with Gasteiger partial charge in [0.1, 0.15) is 5.54 Å². The average molecular weight is 433 g/mol. The van der Waals surface area contributed by atoms with Crippen molar-refractivity contribution in [2.24, 2.45) is 5.73 Å². The van der Waals surface area contributed by atoms with Gasteiger partial charge in [0.25, 0.3) is 0 Å². The molecule has 25 heavy (non-hydrogen) atoms. The summed E-state index contributed by atoms with van der Waals surface area (Å²) in [4.78, 5) is 26.5. The lowest BCUT2D eigenvalue weighted by Crippen LogP contribution is -2.56. The van der Waals surface area contributed by atoms with Gasteiger partial charge in [0, 0.05) is 30.0 Å². The fourth-order valence-electron chi connectivity index (χ4n) is 3.05.